The Balaban J connectivity index is 1.99. The second kappa shape index (κ2) is 8.08. The molecular formula is C20H17F4N7O. The van der Waals surface area contributed by atoms with E-state index in [4.69, 9.17) is 11.0 Å². The fourth-order valence-corrected chi connectivity index (χ4v) is 3.85. The van der Waals surface area contributed by atoms with Crippen molar-refractivity contribution in [2.45, 2.75) is 18.6 Å². The number of benzene rings is 1. The maximum atomic E-state index is 14.5. The van der Waals surface area contributed by atoms with Crippen molar-refractivity contribution in [1.29, 1.82) is 5.26 Å². The second-order valence-corrected chi connectivity index (χ2v) is 7.28. The van der Waals surface area contributed by atoms with E-state index in [1.807, 2.05) is 6.07 Å². The molecule has 1 aliphatic heterocycles. The Bertz CT molecular complexity index is 1260. The highest BCUT2D eigenvalue weighted by atomic mass is 19.4. The lowest BCUT2D eigenvalue weighted by atomic mass is 9.98. The van der Waals surface area contributed by atoms with Gasteiger partial charge in [-0.05, 0) is 18.2 Å². The molecule has 3 heterocycles. The van der Waals surface area contributed by atoms with Crippen LogP contribution in [-0.2, 0) is 6.18 Å². The normalized spacial score (nSPS) is 16.8. The molecule has 4 rings (SSSR count). The predicted octanol–water partition coefficient (Wildman–Crippen LogP) is 2.19. The highest BCUT2D eigenvalue weighted by Crippen LogP contribution is 2.39. The number of anilines is 2. The summed E-state index contributed by atoms with van der Waals surface area (Å²) in [6.45, 7) is 1.17. The van der Waals surface area contributed by atoms with E-state index < -0.39 is 34.2 Å². The first kappa shape index (κ1) is 21.5. The Hall–Kier alpha value is -3.72. The van der Waals surface area contributed by atoms with E-state index in [-0.39, 0.29) is 29.5 Å². The van der Waals surface area contributed by atoms with Gasteiger partial charge in [-0.3, -0.25) is 4.79 Å². The number of rotatable bonds is 3. The van der Waals surface area contributed by atoms with Gasteiger partial charge in [-0.1, -0.05) is 6.07 Å². The van der Waals surface area contributed by atoms with Crippen LogP contribution in [0.15, 0.2) is 35.4 Å². The van der Waals surface area contributed by atoms with Crippen molar-refractivity contribution in [3.63, 3.8) is 0 Å². The molecule has 0 aliphatic carbocycles. The topological polar surface area (TPSA) is 112 Å². The molecule has 1 unspecified atom stereocenters. The molecule has 0 amide bonds. The largest absolute Gasteiger partial charge is 0.417 e. The molecule has 32 heavy (non-hydrogen) atoms. The number of fused-ring (bicyclic) bond motifs is 1. The Labute approximate surface area is 178 Å². The SMILES string of the molecule is N#CCC1CN(c2ncnn3c(=O)c(-c4c(N)cccc4F)c(C(F)(F)F)cc23)CCN1. The predicted molar refractivity (Wildman–Crippen MR) is 108 cm³/mol. The van der Waals surface area contributed by atoms with Crippen LogP contribution >= 0.6 is 0 Å². The van der Waals surface area contributed by atoms with Crippen LogP contribution in [0.25, 0.3) is 16.6 Å². The summed E-state index contributed by atoms with van der Waals surface area (Å²) in [5, 5.41) is 15.9. The third-order valence-electron chi connectivity index (χ3n) is 5.26. The fraction of sp³-hybridized carbons (Fsp3) is 0.300. The maximum absolute atomic E-state index is 14.5. The van der Waals surface area contributed by atoms with Crippen LogP contribution in [0.2, 0.25) is 0 Å². The number of piperazine rings is 1. The molecule has 8 nitrogen and oxygen atoms in total. The molecule has 1 saturated heterocycles. The van der Waals surface area contributed by atoms with Gasteiger partial charge < -0.3 is 16.0 Å². The smallest absolute Gasteiger partial charge is 0.398 e. The van der Waals surface area contributed by atoms with Gasteiger partial charge in [0.1, 0.15) is 17.7 Å². The van der Waals surface area contributed by atoms with Crippen LogP contribution in [0.5, 0.6) is 0 Å². The minimum absolute atomic E-state index is 0.111. The number of nitrogens with one attached hydrogen (secondary N) is 1. The van der Waals surface area contributed by atoms with Gasteiger partial charge in [-0.2, -0.15) is 28.0 Å². The van der Waals surface area contributed by atoms with Gasteiger partial charge >= 0.3 is 6.18 Å². The average molecular weight is 447 g/mol. The minimum atomic E-state index is -4.97. The number of nitriles is 1. The standard InChI is InChI=1S/C20H17F4N7O/c21-13-2-1-3-14(26)17(13)16-12(20(22,23)24)8-15-18(28-10-29-31(15)19(16)32)30-7-6-27-11(9-30)4-5-25/h1-3,8,10-11,27H,4,6-7,9,26H2. The second-order valence-electron chi connectivity index (χ2n) is 7.28. The number of hydrogen-bond donors (Lipinski definition) is 2. The lowest BCUT2D eigenvalue weighted by molar-refractivity contribution is -0.137. The molecule has 3 N–H and O–H groups in total. The average Bonchev–Trinajstić information content (AvgIpc) is 2.74. The van der Waals surface area contributed by atoms with Gasteiger partial charge in [0.25, 0.3) is 5.56 Å². The number of aromatic nitrogens is 3. The van der Waals surface area contributed by atoms with Crippen LogP contribution in [0.3, 0.4) is 0 Å². The molecule has 0 bridgehead atoms. The molecule has 12 heteroatoms. The van der Waals surface area contributed by atoms with Crippen LogP contribution in [0.4, 0.5) is 29.1 Å². The Kier molecular flexibility index (Phi) is 5.43. The molecule has 166 valence electrons. The zero-order valence-corrected chi connectivity index (χ0v) is 16.5. The van der Waals surface area contributed by atoms with E-state index in [0.717, 1.165) is 23.0 Å². The third kappa shape index (κ3) is 3.71. The lowest BCUT2D eigenvalue weighted by Crippen LogP contribution is -2.51. The van der Waals surface area contributed by atoms with E-state index in [1.165, 1.54) is 12.1 Å². The third-order valence-corrected chi connectivity index (χ3v) is 5.26. The molecule has 2 aromatic heterocycles. The summed E-state index contributed by atoms with van der Waals surface area (Å²) in [7, 11) is 0. The number of nitrogens with two attached hydrogens (primary N) is 1. The maximum Gasteiger partial charge on any atom is 0.417 e. The van der Waals surface area contributed by atoms with Gasteiger partial charge in [-0.25, -0.2) is 9.37 Å². The molecule has 1 atom stereocenters. The van der Waals surface area contributed by atoms with Crippen LogP contribution in [0.1, 0.15) is 12.0 Å². The van der Waals surface area contributed by atoms with Crippen LogP contribution < -0.4 is 21.5 Å². The minimum Gasteiger partial charge on any atom is -0.398 e. The van der Waals surface area contributed by atoms with Crippen molar-refractivity contribution in [3.05, 3.63) is 52.3 Å². The Morgan fingerprint density at radius 1 is 1.31 bits per heavy atom. The van der Waals surface area contributed by atoms with Crippen molar-refractivity contribution in [1.82, 2.24) is 19.9 Å². The molecule has 0 radical (unpaired) electrons. The van der Waals surface area contributed by atoms with E-state index >= 15 is 0 Å². The molecule has 3 aromatic rings. The number of nitrogens with zero attached hydrogens (tertiary/aromatic N) is 5. The summed E-state index contributed by atoms with van der Waals surface area (Å²) in [5.74, 6) is -0.941. The summed E-state index contributed by atoms with van der Waals surface area (Å²) in [4.78, 5) is 19.0. The van der Waals surface area contributed by atoms with Crippen molar-refractivity contribution in [2.75, 3.05) is 30.3 Å². The van der Waals surface area contributed by atoms with Crippen molar-refractivity contribution in [2.24, 2.45) is 0 Å². The molecule has 1 aromatic carbocycles. The Morgan fingerprint density at radius 2 is 2.09 bits per heavy atom. The first-order valence-electron chi connectivity index (χ1n) is 9.60. The monoisotopic (exact) mass is 447 g/mol. The summed E-state index contributed by atoms with van der Waals surface area (Å²) in [6, 6.07) is 5.96. The molecule has 0 spiro atoms. The molecular weight excluding hydrogens is 430 g/mol. The quantitative estimate of drug-likeness (QED) is 0.468. The first-order valence-corrected chi connectivity index (χ1v) is 9.60. The van der Waals surface area contributed by atoms with Crippen LogP contribution in [-0.4, -0.2) is 40.3 Å². The van der Waals surface area contributed by atoms with E-state index in [9.17, 15) is 22.4 Å². The fourth-order valence-electron chi connectivity index (χ4n) is 3.85. The summed E-state index contributed by atoms with van der Waals surface area (Å²) in [5.41, 5.74) is 1.21. The van der Waals surface area contributed by atoms with Crippen molar-refractivity contribution in [3.8, 4) is 17.2 Å². The zero-order chi connectivity index (χ0) is 23.0. The Morgan fingerprint density at radius 3 is 2.78 bits per heavy atom. The summed E-state index contributed by atoms with van der Waals surface area (Å²) in [6.07, 6.45) is -3.73. The van der Waals surface area contributed by atoms with Gasteiger partial charge in [0.15, 0.2) is 5.82 Å². The number of pyridine rings is 1. The number of hydrogen-bond acceptors (Lipinski definition) is 7. The van der Waals surface area contributed by atoms with Gasteiger partial charge in [0.05, 0.1) is 23.6 Å². The van der Waals surface area contributed by atoms with Gasteiger partial charge in [0, 0.05) is 36.9 Å². The number of nitrogen functional groups attached to an aromatic ring is 1. The molecule has 0 saturated carbocycles. The molecule has 1 fully saturated rings. The number of halogens is 4. The van der Waals surface area contributed by atoms with Gasteiger partial charge in [-0.15, -0.1) is 0 Å². The first-order chi connectivity index (χ1) is 15.2. The van der Waals surface area contributed by atoms with E-state index in [2.05, 4.69) is 15.4 Å². The van der Waals surface area contributed by atoms with Gasteiger partial charge in [0.2, 0.25) is 0 Å². The van der Waals surface area contributed by atoms with E-state index in [1.54, 1.807) is 4.90 Å². The highest BCUT2D eigenvalue weighted by molar-refractivity contribution is 5.82. The van der Waals surface area contributed by atoms with Crippen molar-refractivity contribution < 1.29 is 17.6 Å². The van der Waals surface area contributed by atoms with Crippen LogP contribution in [0, 0.1) is 17.1 Å². The summed E-state index contributed by atoms with van der Waals surface area (Å²) >= 11 is 0. The molecule has 1 aliphatic rings. The van der Waals surface area contributed by atoms with E-state index in [0.29, 0.717) is 19.6 Å². The summed E-state index contributed by atoms with van der Waals surface area (Å²) < 4.78 is 57.4. The number of alkyl halides is 3. The zero-order valence-electron chi connectivity index (χ0n) is 16.5. The lowest BCUT2D eigenvalue weighted by Gasteiger charge is -2.34. The highest BCUT2D eigenvalue weighted by Gasteiger charge is 2.38. The van der Waals surface area contributed by atoms with Crippen molar-refractivity contribution >= 4 is 17.0 Å².